The molecule has 4 rings (SSSR count). The minimum Gasteiger partial charge on any atom is -0.493 e. The number of amides is 2. The number of hydrogen-bond acceptors (Lipinski definition) is 10. The minimum absolute atomic E-state index is 0.0245. The number of nitrogens with zero attached hydrogens (tertiary/aromatic N) is 1. The topological polar surface area (TPSA) is 189 Å². The van der Waals surface area contributed by atoms with E-state index in [1.165, 1.54) is 37.4 Å². The summed E-state index contributed by atoms with van der Waals surface area (Å²) >= 11 is 0. The lowest BCUT2D eigenvalue weighted by Gasteiger charge is -2.37. The summed E-state index contributed by atoms with van der Waals surface area (Å²) in [7, 11) is -6.92. The number of anilines is 2. The summed E-state index contributed by atoms with van der Waals surface area (Å²) in [5.41, 5.74) is -1.98. The van der Waals surface area contributed by atoms with Crippen LogP contribution in [0.4, 0.5) is 11.4 Å². The number of para-hydroxylation sites is 1. The first-order valence-corrected chi connectivity index (χ1v) is 20.2. The molecule has 0 bridgehead atoms. The third-order valence-electron chi connectivity index (χ3n) is 8.89. The number of carbonyl (C=O) groups excluding carboxylic acids is 2. The lowest BCUT2D eigenvalue weighted by Crippen LogP contribution is -2.57. The zero-order valence-corrected chi connectivity index (χ0v) is 30.8. The van der Waals surface area contributed by atoms with Crippen LogP contribution in [0.3, 0.4) is 0 Å². The Labute approximate surface area is 300 Å². The molecular formula is C36H47N3O10S2. The Hall–Kier alpha value is -4.18. The van der Waals surface area contributed by atoms with Crippen molar-refractivity contribution in [2.24, 2.45) is 5.41 Å². The maximum absolute atomic E-state index is 14.3. The Morgan fingerprint density at radius 1 is 0.961 bits per heavy atom. The summed E-state index contributed by atoms with van der Waals surface area (Å²) in [5, 5.41) is 15.8. The summed E-state index contributed by atoms with van der Waals surface area (Å²) in [5.74, 6) is -2.89. The molecule has 0 radical (unpaired) electrons. The monoisotopic (exact) mass is 745 g/mol. The molecule has 1 heterocycles. The van der Waals surface area contributed by atoms with Crippen LogP contribution < -0.4 is 25.0 Å². The van der Waals surface area contributed by atoms with Crippen LogP contribution in [-0.2, 0) is 35.3 Å². The molecule has 3 aromatic carbocycles. The van der Waals surface area contributed by atoms with E-state index in [0.29, 0.717) is 12.2 Å². The molecular weight excluding hydrogens is 699 g/mol. The molecule has 0 unspecified atom stereocenters. The van der Waals surface area contributed by atoms with Crippen molar-refractivity contribution in [1.29, 1.82) is 0 Å². The molecule has 278 valence electrons. The van der Waals surface area contributed by atoms with Crippen molar-refractivity contribution < 1.29 is 45.6 Å². The molecule has 51 heavy (non-hydrogen) atoms. The normalized spacial score (nSPS) is 16.2. The molecule has 13 nitrogen and oxygen atoms in total. The number of unbranched alkanes of at least 4 members (excludes halogenated alkanes) is 2. The molecule has 3 aromatic rings. The number of methoxy groups -OCH3 is 1. The molecule has 0 aromatic heterocycles. The Morgan fingerprint density at radius 3 is 2.14 bits per heavy atom. The Balaban J connectivity index is 1.68. The number of rotatable bonds is 17. The Kier molecular flexibility index (Phi) is 13.1. The quantitative estimate of drug-likeness (QED) is 0.114. The van der Waals surface area contributed by atoms with Gasteiger partial charge in [0.15, 0.2) is 27.9 Å². The number of hydrogen-bond donors (Lipinski definition) is 4. The molecule has 1 aliphatic heterocycles. The predicted molar refractivity (Wildman–Crippen MR) is 193 cm³/mol. The van der Waals surface area contributed by atoms with Crippen LogP contribution in [0.15, 0.2) is 77.7 Å². The summed E-state index contributed by atoms with van der Waals surface area (Å²) in [6.07, 6.45) is 5.05. The van der Waals surface area contributed by atoms with Crippen LogP contribution >= 0.6 is 0 Å². The molecule has 0 saturated carbocycles. The van der Waals surface area contributed by atoms with Crippen LogP contribution in [0.25, 0.3) is 0 Å². The maximum atomic E-state index is 14.3. The van der Waals surface area contributed by atoms with Crippen molar-refractivity contribution in [3.8, 4) is 11.5 Å². The molecule has 0 spiro atoms. The number of aliphatic hydroxyl groups is 1. The van der Waals surface area contributed by atoms with E-state index in [9.17, 15) is 31.5 Å². The van der Waals surface area contributed by atoms with E-state index < -0.39 is 61.8 Å². The summed E-state index contributed by atoms with van der Waals surface area (Å²) < 4.78 is 71.4. The molecule has 0 aliphatic carbocycles. The highest BCUT2D eigenvalue weighted by atomic mass is 32.2. The van der Waals surface area contributed by atoms with Crippen molar-refractivity contribution >= 4 is 43.1 Å². The third kappa shape index (κ3) is 10.00. The van der Waals surface area contributed by atoms with E-state index in [1.807, 2.05) is 35.2 Å². The summed E-state index contributed by atoms with van der Waals surface area (Å²) in [6, 6.07) is 19.9. The lowest BCUT2D eigenvalue weighted by molar-refractivity contribution is -0.151. The van der Waals surface area contributed by atoms with Gasteiger partial charge in [0.05, 0.1) is 29.2 Å². The van der Waals surface area contributed by atoms with Crippen LogP contribution in [-0.4, -0.2) is 76.6 Å². The van der Waals surface area contributed by atoms with Crippen molar-refractivity contribution in [3.63, 3.8) is 0 Å². The van der Waals surface area contributed by atoms with E-state index >= 15 is 0 Å². The van der Waals surface area contributed by atoms with E-state index in [2.05, 4.69) is 24.5 Å². The average molecular weight is 746 g/mol. The minimum atomic E-state index is -4.41. The molecule has 0 fully saturated rings. The number of benzene rings is 3. The smallest absolute Gasteiger partial charge is 0.278 e. The maximum Gasteiger partial charge on any atom is 0.278 e. The van der Waals surface area contributed by atoms with Crippen molar-refractivity contribution in [3.05, 3.63) is 78.4 Å². The van der Waals surface area contributed by atoms with Gasteiger partial charge in [0.25, 0.3) is 21.9 Å². The second kappa shape index (κ2) is 16.9. The highest BCUT2D eigenvalue weighted by Crippen LogP contribution is 2.48. The summed E-state index contributed by atoms with van der Waals surface area (Å²) in [4.78, 5) is 28.4. The Morgan fingerprint density at radius 2 is 1.57 bits per heavy atom. The molecule has 0 saturated heterocycles. The van der Waals surface area contributed by atoms with Gasteiger partial charge in [0, 0.05) is 41.9 Å². The van der Waals surface area contributed by atoms with Crippen LogP contribution in [0.5, 0.6) is 11.5 Å². The molecule has 1 aliphatic rings. The van der Waals surface area contributed by atoms with Gasteiger partial charge in [-0.1, -0.05) is 88.1 Å². The largest absolute Gasteiger partial charge is 0.493 e. The zero-order valence-electron chi connectivity index (χ0n) is 29.1. The van der Waals surface area contributed by atoms with Crippen LogP contribution in [0.1, 0.15) is 57.9 Å². The first-order valence-electron chi connectivity index (χ1n) is 16.9. The van der Waals surface area contributed by atoms with E-state index in [0.717, 1.165) is 44.2 Å². The van der Waals surface area contributed by atoms with E-state index in [1.54, 1.807) is 12.1 Å². The average Bonchev–Trinajstić information content (AvgIpc) is 3.20. The van der Waals surface area contributed by atoms with Gasteiger partial charge in [-0.3, -0.25) is 14.1 Å². The molecule has 4 N–H and O–H groups in total. The van der Waals surface area contributed by atoms with Crippen molar-refractivity contribution in [1.82, 2.24) is 10.6 Å². The lowest BCUT2D eigenvalue weighted by atomic mass is 9.79. The SMILES string of the molecule is CCCCC1(CCCC)CN(c2ccccc2)c2cc(OC)c(OCC(=O)N[C@](O)(C(=O)NCCS(=O)(=O)O)c3ccccc3)cc2S(=O)(=O)C1. The van der Waals surface area contributed by atoms with Gasteiger partial charge in [-0.15, -0.1) is 0 Å². The van der Waals surface area contributed by atoms with Gasteiger partial charge in [-0.05, 0) is 25.0 Å². The summed E-state index contributed by atoms with van der Waals surface area (Å²) in [6.45, 7) is 3.34. The van der Waals surface area contributed by atoms with Gasteiger partial charge >= 0.3 is 0 Å². The molecule has 15 heteroatoms. The second-order valence-corrected chi connectivity index (χ2v) is 16.3. The standard InChI is InChI=1S/C36H47N3O10S2/c1-4-6-18-35(19-7-5-2)25-39(28-16-12-9-13-17-28)29-22-30(48-3)31(23-32(29)50(43,44)26-35)49-24-33(40)38-36(42,27-14-10-8-11-15-27)34(41)37-20-21-51(45,46)47/h8-17,22-23,42H,4-7,18-21,24-26H2,1-3H3,(H,37,41)(H,38,40)(H,45,46,47)/t36-/m1/s1. The van der Waals surface area contributed by atoms with Gasteiger partial charge in [0.2, 0.25) is 5.72 Å². The predicted octanol–water partition coefficient (Wildman–Crippen LogP) is 4.33. The van der Waals surface area contributed by atoms with Gasteiger partial charge in [0.1, 0.15) is 0 Å². The second-order valence-electron chi connectivity index (χ2n) is 12.8. The highest BCUT2D eigenvalue weighted by Gasteiger charge is 2.43. The number of ether oxygens (including phenoxy) is 2. The van der Waals surface area contributed by atoms with Crippen LogP contribution in [0, 0.1) is 5.41 Å². The highest BCUT2D eigenvalue weighted by molar-refractivity contribution is 7.91. The zero-order chi connectivity index (χ0) is 37.3. The van der Waals surface area contributed by atoms with Crippen molar-refractivity contribution in [2.75, 3.05) is 43.2 Å². The number of nitrogens with one attached hydrogen (secondary N) is 2. The van der Waals surface area contributed by atoms with E-state index in [-0.39, 0.29) is 27.7 Å². The molecule has 2 amide bonds. The van der Waals surface area contributed by atoms with Gasteiger partial charge in [-0.2, -0.15) is 8.42 Å². The number of sulfone groups is 1. The number of carbonyl (C=O) groups is 2. The fourth-order valence-electron chi connectivity index (χ4n) is 6.32. The fourth-order valence-corrected chi connectivity index (χ4v) is 8.80. The van der Waals surface area contributed by atoms with Crippen LogP contribution in [0.2, 0.25) is 0 Å². The fraction of sp³-hybridized carbons (Fsp3) is 0.444. The van der Waals surface area contributed by atoms with Gasteiger partial charge in [-0.25, -0.2) is 8.42 Å². The van der Waals surface area contributed by atoms with Crippen molar-refractivity contribution in [2.45, 2.75) is 63.0 Å². The number of fused-ring (bicyclic) bond motifs is 1. The Bertz CT molecular complexity index is 1870. The first-order chi connectivity index (χ1) is 24.2. The third-order valence-corrected chi connectivity index (χ3v) is 11.6. The van der Waals surface area contributed by atoms with Gasteiger partial charge < -0.3 is 30.1 Å². The first kappa shape index (κ1) is 39.6. The molecule has 1 atom stereocenters. The van der Waals surface area contributed by atoms with E-state index in [4.69, 9.17) is 14.0 Å².